The van der Waals surface area contributed by atoms with Crippen molar-refractivity contribution in [2.75, 3.05) is 5.75 Å². The average molecular weight is 171 g/mol. The molecule has 0 spiro atoms. The maximum atomic E-state index is 11.3. The Hall–Kier alpha value is -0.710. The van der Waals surface area contributed by atoms with Crippen LogP contribution in [0.25, 0.3) is 0 Å². The van der Waals surface area contributed by atoms with Gasteiger partial charge in [0.1, 0.15) is 0 Å². The van der Waals surface area contributed by atoms with Crippen LogP contribution in [0.5, 0.6) is 0 Å². The van der Waals surface area contributed by atoms with E-state index in [2.05, 4.69) is 5.10 Å². The molecule has 0 amide bonds. The summed E-state index contributed by atoms with van der Waals surface area (Å²) in [5.74, 6) is 1.08. The second kappa shape index (κ2) is 2.41. The van der Waals surface area contributed by atoms with Gasteiger partial charge in [0.15, 0.2) is 5.16 Å². The molecule has 0 bridgehead atoms. The van der Waals surface area contributed by atoms with Crippen molar-refractivity contribution in [3.05, 3.63) is 10.5 Å². The van der Waals surface area contributed by atoms with Gasteiger partial charge in [0.25, 0.3) is 0 Å². The van der Waals surface area contributed by atoms with Gasteiger partial charge >= 0.3 is 5.69 Å². The molecular formula is C6H9N3OS. The molecule has 0 fully saturated rings. The highest BCUT2D eigenvalue weighted by molar-refractivity contribution is 7.99. The van der Waals surface area contributed by atoms with Crippen molar-refractivity contribution >= 4 is 11.8 Å². The van der Waals surface area contributed by atoms with Gasteiger partial charge in [0, 0.05) is 19.3 Å². The van der Waals surface area contributed by atoms with Crippen LogP contribution in [-0.4, -0.2) is 20.1 Å². The lowest BCUT2D eigenvalue weighted by Crippen LogP contribution is -2.24. The van der Waals surface area contributed by atoms with E-state index in [-0.39, 0.29) is 5.69 Å². The van der Waals surface area contributed by atoms with Crippen LogP contribution >= 0.6 is 11.8 Å². The molecule has 2 heterocycles. The molecule has 0 radical (unpaired) electrons. The fourth-order valence-corrected chi connectivity index (χ4v) is 2.13. The predicted octanol–water partition coefficient (Wildman–Crippen LogP) is 0.0776. The Kier molecular flexibility index (Phi) is 1.52. The highest BCUT2D eigenvalue weighted by Crippen LogP contribution is 2.19. The number of aromatic nitrogens is 3. The summed E-state index contributed by atoms with van der Waals surface area (Å²) in [6.45, 7) is 0.828. The van der Waals surface area contributed by atoms with Crippen LogP contribution in [0.2, 0.25) is 0 Å². The van der Waals surface area contributed by atoms with Gasteiger partial charge in [-0.25, -0.2) is 9.48 Å². The van der Waals surface area contributed by atoms with E-state index in [4.69, 9.17) is 0 Å². The number of hydrogen-bond donors (Lipinski definition) is 0. The smallest absolute Gasteiger partial charge is 0.270 e. The summed E-state index contributed by atoms with van der Waals surface area (Å²) in [5.41, 5.74) is 0.00667. The summed E-state index contributed by atoms with van der Waals surface area (Å²) in [6, 6.07) is 0. The van der Waals surface area contributed by atoms with Crippen LogP contribution in [0.15, 0.2) is 9.95 Å². The van der Waals surface area contributed by atoms with E-state index in [0.717, 1.165) is 23.9 Å². The first kappa shape index (κ1) is 6.97. The molecule has 1 aromatic rings. The van der Waals surface area contributed by atoms with Crippen molar-refractivity contribution < 1.29 is 0 Å². The lowest BCUT2D eigenvalue weighted by molar-refractivity contribution is 0.588. The number of hydrogen-bond acceptors (Lipinski definition) is 3. The van der Waals surface area contributed by atoms with Gasteiger partial charge in [-0.15, -0.1) is 5.10 Å². The van der Waals surface area contributed by atoms with Gasteiger partial charge in [0.05, 0.1) is 0 Å². The number of thioether (sulfide) groups is 1. The summed E-state index contributed by atoms with van der Waals surface area (Å²) < 4.78 is 3.13. The van der Waals surface area contributed by atoms with E-state index in [1.54, 1.807) is 23.4 Å². The summed E-state index contributed by atoms with van der Waals surface area (Å²) in [4.78, 5) is 11.3. The van der Waals surface area contributed by atoms with Crippen molar-refractivity contribution in [1.82, 2.24) is 14.3 Å². The Balaban J connectivity index is 2.59. The second-order valence-electron chi connectivity index (χ2n) is 2.54. The molecule has 0 aliphatic carbocycles. The van der Waals surface area contributed by atoms with Crippen LogP contribution in [0.1, 0.15) is 6.42 Å². The largest absolute Gasteiger partial charge is 0.346 e. The zero-order chi connectivity index (χ0) is 7.84. The molecule has 1 aliphatic heterocycles. The Bertz CT molecular complexity index is 327. The van der Waals surface area contributed by atoms with Gasteiger partial charge in [-0.3, -0.25) is 4.57 Å². The minimum atomic E-state index is 0.00667. The first-order valence-corrected chi connectivity index (χ1v) is 4.54. The maximum absolute atomic E-state index is 11.3. The van der Waals surface area contributed by atoms with Crippen molar-refractivity contribution in [3.8, 4) is 0 Å². The van der Waals surface area contributed by atoms with Crippen molar-refractivity contribution in [2.24, 2.45) is 7.05 Å². The lowest BCUT2D eigenvalue weighted by Gasteiger charge is -2.09. The molecule has 11 heavy (non-hydrogen) atoms. The first-order valence-electron chi connectivity index (χ1n) is 3.55. The molecule has 2 rings (SSSR count). The molecule has 4 nitrogen and oxygen atoms in total. The Morgan fingerprint density at radius 2 is 2.45 bits per heavy atom. The van der Waals surface area contributed by atoms with Gasteiger partial charge in [0.2, 0.25) is 0 Å². The van der Waals surface area contributed by atoms with Crippen molar-refractivity contribution in [3.63, 3.8) is 0 Å². The Morgan fingerprint density at radius 3 is 3.18 bits per heavy atom. The number of rotatable bonds is 0. The zero-order valence-electron chi connectivity index (χ0n) is 6.28. The van der Waals surface area contributed by atoms with Crippen LogP contribution in [0, 0.1) is 0 Å². The molecule has 5 heteroatoms. The van der Waals surface area contributed by atoms with Crippen LogP contribution in [-0.2, 0) is 13.6 Å². The van der Waals surface area contributed by atoms with Gasteiger partial charge in [-0.1, -0.05) is 11.8 Å². The molecule has 1 aromatic heterocycles. The van der Waals surface area contributed by atoms with E-state index in [1.165, 1.54) is 4.68 Å². The van der Waals surface area contributed by atoms with Gasteiger partial charge < -0.3 is 0 Å². The van der Waals surface area contributed by atoms with E-state index in [0.29, 0.717) is 0 Å². The number of aryl methyl sites for hydroxylation is 1. The van der Waals surface area contributed by atoms with E-state index in [9.17, 15) is 4.79 Å². The molecule has 1 aliphatic rings. The predicted molar refractivity (Wildman–Crippen MR) is 42.8 cm³/mol. The molecule has 0 unspecified atom stereocenters. The molecule has 60 valence electrons. The standard InChI is InChI=1S/C6H9N3OS/c1-8-6(10)9-3-2-4-11-5(9)7-8/h2-4H2,1H3. The van der Waals surface area contributed by atoms with Crippen LogP contribution in [0.3, 0.4) is 0 Å². The summed E-state index contributed by atoms with van der Waals surface area (Å²) in [5, 5.41) is 4.95. The molecule has 0 saturated heterocycles. The monoisotopic (exact) mass is 171 g/mol. The van der Waals surface area contributed by atoms with Crippen LogP contribution in [0.4, 0.5) is 0 Å². The topological polar surface area (TPSA) is 39.8 Å². The molecule has 0 N–H and O–H groups in total. The fourth-order valence-electron chi connectivity index (χ4n) is 1.17. The normalized spacial score (nSPS) is 16.5. The maximum Gasteiger partial charge on any atom is 0.346 e. The Morgan fingerprint density at radius 1 is 1.64 bits per heavy atom. The molecule has 0 saturated carbocycles. The molecule has 0 aromatic carbocycles. The third kappa shape index (κ3) is 0.994. The third-order valence-corrected chi connectivity index (χ3v) is 2.78. The van der Waals surface area contributed by atoms with E-state index < -0.39 is 0 Å². The highest BCUT2D eigenvalue weighted by Gasteiger charge is 2.14. The summed E-state index contributed by atoms with van der Waals surface area (Å²) in [7, 11) is 1.69. The van der Waals surface area contributed by atoms with Gasteiger partial charge in [-0.05, 0) is 6.42 Å². The summed E-state index contributed by atoms with van der Waals surface area (Å²) in [6.07, 6.45) is 1.07. The Labute approximate surface area is 68.2 Å². The molecule has 0 atom stereocenters. The fraction of sp³-hybridized carbons (Fsp3) is 0.667. The van der Waals surface area contributed by atoms with E-state index in [1.807, 2.05) is 0 Å². The van der Waals surface area contributed by atoms with Gasteiger partial charge in [-0.2, -0.15) is 0 Å². The van der Waals surface area contributed by atoms with Crippen molar-refractivity contribution in [2.45, 2.75) is 18.1 Å². The second-order valence-corrected chi connectivity index (χ2v) is 3.60. The highest BCUT2D eigenvalue weighted by atomic mass is 32.2. The lowest BCUT2D eigenvalue weighted by atomic mass is 10.5. The van der Waals surface area contributed by atoms with Crippen molar-refractivity contribution in [1.29, 1.82) is 0 Å². The number of fused-ring (bicyclic) bond motifs is 1. The molecular weight excluding hydrogens is 162 g/mol. The minimum Gasteiger partial charge on any atom is -0.270 e. The minimum absolute atomic E-state index is 0.00667. The first-order chi connectivity index (χ1) is 5.29. The average Bonchev–Trinajstić information content (AvgIpc) is 2.30. The zero-order valence-corrected chi connectivity index (χ0v) is 7.10. The summed E-state index contributed by atoms with van der Waals surface area (Å²) >= 11 is 1.65. The van der Waals surface area contributed by atoms with Crippen LogP contribution < -0.4 is 5.69 Å². The van der Waals surface area contributed by atoms with E-state index >= 15 is 0 Å². The third-order valence-electron chi connectivity index (χ3n) is 1.73. The SMILES string of the molecule is Cn1nc2n(c1=O)CCCS2. The quantitative estimate of drug-likeness (QED) is 0.555. The number of nitrogens with zero attached hydrogens (tertiary/aromatic N) is 3.